The minimum absolute atomic E-state index is 0.184. The van der Waals surface area contributed by atoms with E-state index in [9.17, 15) is 4.79 Å². The molecular weight excluding hydrogens is 264 g/mol. The third-order valence-corrected chi connectivity index (χ3v) is 4.14. The van der Waals surface area contributed by atoms with Gasteiger partial charge in [-0.25, -0.2) is 4.98 Å². The second-order valence-electron chi connectivity index (χ2n) is 4.85. The maximum atomic E-state index is 12.1. The van der Waals surface area contributed by atoms with Crippen molar-refractivity contribution in [1.82, 2.24) is 10.3 Å². The van der Waals surface area contributed by atoms with Crippen LogP contribution in [0.4, 0.5) is 10.9 Å². The molecule has 1 aromatic heterocycles. The zero-order valence-electron chi connectivity index (χ0n) is 11.3. The zero-order chi connectivity index (χ0) is 13.9. The lowest BCUT2D eigenvalue weighted by molar-refractivity contribution is 0.0206. The molecule has 6 nitrogen and oxygen atoms in total. The summed E-state index contributed by atoms with van der Waals surface area (Å²) in [6, 6.07) is 0. The second-order valence-corrected chi connectivity index (χ2v) is 5.85. The number of aromatic nitrogens is 1. The maximum absolute atomic E-state index is 12.1. The third kappa shape index (κ3) is 3.36. The minimum Gasteiger partial charge on any atom is -0.382 e. The molecule has 1 unspecified atom stereocenters. The van der Waals surface area contributed by atoms with Crippen LogP contribution in [0.1, 0.15) is 36.4 Å². The molecule has 4 N–H and O–H groups in total. The zero-order valence-corrected chi connectivity index (χ0v) is 12.1. The van der Waals surface area contributed by atoms with Crippen molar-refractivity contribution in [2.24, 2.45) is 0 Å². The van der Waals surface area contributed by atoms with Crippen molar-refractivity contribution in [3.8, 4) is 0 Å². The Balaban J connectivity index is 1.95. The van der Waals surface area contributed by atoms with Crippen LogP contribution in [0.15, 0.2) is 0 Å². The summed E-state index contributed by atoms with van der Waals surface area (Å²) in [7, 11) is 0. The maximum Gasteiger partial charge on any atom is 0.265 e. The van der Waals surface area contributed by atoms with Gasteiger partial charge in [-0.2, -0.15) is 0 Å². The monoisotopic (exact) mass is 284 g/mol. The summed E-state index contributed by atoms with van der Waals surface area (Å²) in [5.74, 6) is 0.0896. The summed E-state index contributed by atoms with van der Waals surface area (Å²) in [6.45, 7) is 6.00. The third-order valence-electron chi connectivity index (χ3n) is 3.11. The van der Waals surface area contributed by atoms with Crippen LogP contribution in [-0.4, -0.2) is 36.2 Å². The van der Waals surface area contributed by atoms with Crippen LogP contribution < -0.4 is 16.4 Å². The summed E-state index contributed by atoms with van der Waals surface area (Å²) in [5.41, 5.74) is 5.51. The lowest BCUT2D eigenvalue weighted by Gasteiger charge is -2.23. The van der Waals surface area contributed by atoms with Crippen LogP contribution in [0.2, 0.25) is 0 Å². The Morgan fingerprint density at radius 3 is 3.05 bits per heavy atom. The first kappa shape index (κ1) is 14.1. The number of thiazole rings is 1. The minimum atomic E-state index is -0.250. The molecule has 7 heteroatoms. The molecule has 0 aromatic carbocycles. The van der Waals surface area contributed by atoms with E-state index in [1.54, 1.807) is 0 Å². The predicted molar refractivity (Wildman–Crippen MR) is 76.6 cm³/mol. The fourth-order valence-electron chi connectivity index (χ4n) is 2.05. The number of nitrogen functional groups attached to an aromatic ring is 1. The van der Waals surface area contributed by atoms with Gasteiger partial charge in [0.25, 0.3) is 5.91 Å². The van der Waals surface area contributed by atoms with E-state index in [-0.39, 0.29) is 17.3 Å². The van der Waals surface area contributed by atoms with Crippen LogP contribution >= 0.6 is 11.3 Å². The molecule has 1 aliphatic heterocycles. The van der Waals surface area contributed by atoms with Gasteiger partial charge in [-0.05, 0) is 26.7 Å². The number of anilines is 2. The van der Waals surface area contributed by atoms with Gasteiger partial charge in [0.15, 0.2) is 5.13 Å². The van der Waals surface area contributed by atoms with Gasteiger partial charge in [-0.15, -0.1) is 0 Å². The Kier molecular flexibility index (Phi) is 4.26. The molecule has 1 amide bonds. The van der Waals surface area contributed by atoms with Gasteiger partial charge < -0.3 is 21.1 Å². The normalized spacial score (nSPS) is 22.4. The predicted octanol–water partition coefficient (Wildman–Crippen LogP) is 1.46. The number of nitrogens with one attached hydrogen (secondary N) is 2. The molecule has 2 rings (SSSR count). The van der Waals surface area contributed by atoms with Gasteiger partial charge in [0.05, 0.1) is 5.60 Å². The van der Waals surface area contributed by atoms with Gasteiger partial charge in [-0.1, -0.05) is 11.3 Å². The number of hydrogen-bond acceptors (Lipinski definition) is 6. The van der Waals surface area contributed by atoms with Crippen LogP contribution in [0.5, 0.6) is 0 Å². The molecule has 0 radical (unpaired) electrons. The highest BCUT2D eigenvalue weighted by atomic mass is 32.1. The van der Waals surface area contributed by atoms with Crippen molar-refractivity contribution >= 4 is 28.2 Å². The molecule has 1 fully saturated rings. The summed E-state index contributed by atoms with van der Waals surface area (Å²) in [4.78, 5) is 16.6. The van der Waals surface area contributed by atoms with Crippen LogP contribution in [0.3, 0.4) is 0 Å². The van der Waals surface area contributed by atoms with E-state index in [2.05, 4.69) is 15.6 Å². The molecule has 0 saturated carbocycles. The lowest BCUT2D eigenvalue weighted by atomic mass is 10.0. The molecule has 106 valence electrons. The van der Waals surface area contributed by atoms with Crippen LogP contribution in [0.25, 0.3) is 0 Å². The highest BCUT2D eigenvalue weighted by molar-refractivity contribution is 7.18. The van der Waals surface area contributed by atoms with Gasteiger partial charge in [0, 0.05) is 19.7 Å². The van der Waals surface area contributed by atoms with Gasteiger partial charge in [0.1, 0.15) is 10.7 Å². The summed E-state index contributed by atoms with van der Waals surface area (Å²) in [5, 5.41) is 6.60. The van der Waals surface area contributed by atoms with E-state index >= 15 is 0 Å². The van der Waals surface area contributed by atoms with Crippen molar-refractivity contribution < 1.29 is 9.53 Å². The van der Waals surface area contributed by atoms with E-state index in [0.717, 1.165) is 26.0 Å². The largest absolute Gasteiger partial charge is 0.382 e. The molecule has 1 atom stereocenters. The number of ether oxygens (including phenoxy) is 1. The Bertz CT molecular complexity index is 455. The number of rotatable bonds is 5. The first-order chi connectivity index (χ1) is 9.04. The highest BCUT2D eigenvalue weighted by Crippen LogP contribution is 2.26. The Morgan fingerprint density at radius 1 is 1.63 bits per heavy atom. The average molecular weight is 284 g/mol. The van der Waals surface area contributed by atoms with Gasteiger partial charge in [0.2, 0.25) is 0 Å². The van der Waals surface area contributed by atoms with E-state index < -0.39 is 0 Å². The summed E-state index contributed by atoms with van der Waals surface area (Å²) < 4.78 is 5.63. The quantitative estimate of drug-likeness (QED) is 0.761. The average Bonchev–Trinajstić information content (AvgIpc) is 2.94. The molecular formula is C12H20N4O2S. The van der Waals surface area contributed by atoms with Crippen molar-refractivity contribution in [3.63, 3.8) is 0 Å². The number of hydrogen-bond donors (Lipinski definition) is 3. The second kappa shape index (κ2) is 5.75. The molecule has 19 heavy (non-hydrogen) atoms. The molecule has 1 aliphatic rings. The highest BCUT2D eigenvalue weighted by Gasteiger charge is 2.30. The first-order valence-corrected chi connectivity index (χ1v) is 7.28. The Hall–Kier alpha value is -1.34. The number of carbonyl (C=O) groups is 1. The number of amides is 1. The van der Waals surface area contributed by atoms with Crippen molar-refractivity contribution in [2.75, 3.05) is 30.7 Å². The van der Waals surface area contributed by atoms with Crippen molar-refractivity contribution in [1.29, 1.82) is 0 Å². The topological polar surface area (TPSA) is 89.3 Å². The number of carbonyl (C=O) groups excluding carboxylic acids is 1. The van der Waals surface area contributed by atoms with E-state index in [0.29, 0.717) is 16.6 Å². The van der Waals surface area contributed by atoms with Gasteiger partial charge in [-0.3, -0.25) is 4.79 Å². The Labute approximate surface area is 116 Å². The van der Waals surface area contributed by atoms with E-state index in [1.807, 2.05) is 13.8 Å². The summed E-state index contributed by atoms with van der Waals surface area (Å²) >= 11 is 1.27. The number of nitrogens with zero attached hydrogens (tertiary/aromatic N) is 1. The van der Waals surface area contributed by atoms with Crippen molar-refractivity contribution in [2.45, 2.75) is 32.3 Å². The SMILES string of the molecule is CCNc1nc(N)c(C(=O)NCC2(C)CCCO2)s1. The number of nitrogens with two attached hydrogens (primary N) is 1. The van der Waals surface area contributed by atoms with E-state index in [4.69, 9.17) is 10.5 Å². The summed E-state index contributed by atoms with van der Waals surface area (Å²) in [6.07, 6.45) is 2.01. The standard InChI is InChI=1S/C12H20N4O2S/c1-3-14-11-16-9(13)8(19-11)10(17)15-7-12(2)5-4-6-18-12/h3-7,13H2,1-2H3,(H,14,16)(H,15,17). The van der Waals surface area contributed by atoms with Crippen molar-refractivity contribution in [3.05, 3.63) is 4.88 Å². The molecule has 0 aliphatic carbocycles. The lowest BCUT2D eigenvalue weighted by Crippen LogP contribution is -2.40. The van der Waals surface area contributed by atoms with E-state index in [1.165, 1.54) is 11.3 Å². The fourth-order valence-corrected chi connectivity index (χ4v) is 2.91. The molecule has 0 bridgehead atoms. The van der Waals surface area contributed by atoms with Crippen LogP contribution in [0, 0.1) is 0 Å². The molecule has 0 spiro atoms. The van der Waals surface area contributed by atoms with Gasteiger partial charge >= 0.3 is 0 Å². The molecule has 1 aromatic rings. The smallest absolute Gasteiger partial charge is 0.265 e. The molecule has 2 heterocycles. The Morgan fingerprint density at radius 2 is 2.42 bits per heavy atom. The van der Waals surface area contributed by atoms with Crippen LogP contribution in [-0.2, 0) is 4.74 Å². The fraction of sp³-hybridized carbons (Fsp3) is 0.667. The first-order valence-electron chi connectivity index (χ1n) is 6.46. The molecule has 1 saturated heterocycles.